The molecule has 0 atom stereocenters. The molecule has 0 aromatic carbocycles. The second-order valence-electron chi connectivity index (χ2n) is 2.66. The average molecular weight is 147 g/mol. The smallest absolute Gasteiger partial charge is 0.160 e. The lowest BCUT2D eigenvalue weighted by Crippen LogP contribution is -1.91. The van der Waals surface area contributed by atoms with Gasteiger partial charge in [-0.15, -0.1) is 10.2 Å². The van der Waals surface area contributed by atoms with E-state index in [1.807, 2.05) is 10.5 Å². The summed E-state index contributed by atoms with van der Waals surface area (Å²) in [5.41, 5.74) is 3.37. The van der Waals surface area contributed by atoms with Gasteiger partial charge in [0.2, 0.25) is 0 Å². The van der Waals surface area contributed by atoms with Gasteiger partial charge < -0.3 is 0 Å². The summed E-state index contributed by atoms with van der Waals surface area (Å²) in [5.74, 6) is 0. The van der Waals surface area contributed by atoms with Gasteiger partial charge in [-0.2, -0.15) is 0 Å². The Morgan fingerprint density at radius 3 is 2.91 bits per heavy atom. The molecule has 3 nitrogen and oxygen atoms in total. The number of fused-ring (bicyclic) bond motifs is 1. The predicted molar refractivity (Wildman–Crippen MR) is 42.5 cm³/mol. The maximum absolute atomic E-state index is 3.93. The third-order valence-corrected chi connectivity index (χ3v) is 1.99. The summed E-state index contributed by atoms with van der Waals surface area (Å²) in [6.45, 7) is 4.14. The second kappa shape index (κ2) is 2.05. The number of rotatable bonds is 0. The van der Waals surface area contributed by atoms with Crippen molar-refractivity contribution in [3.8, 4) is 0 Å². The number of hydrogen-bond acceptors (Lipinski definition) is 2. The Labute approximate surface area is 64.7 Å². The maximum Gasteiger partial charge on any atom is 0.160 e. The van der Waals surface area contributed by atoms with Gasteiger partial charge in [0.05, 0.1) is 0 Å². The number of aromatic nitrogens is 3. The quantitative estimate of drug-likeness (QED) is 0.563. The van der Waals surface area contributed by atoms with E-state index in [0.717, 1.165) is 5.65 Å². The van der Waals surface area contributed by atoms with Crippen molar-refractivity contribution < 1.29 is 0 Å². The molecule has 2 heterocycles. The first kappa shape index (κ1) is 6.34. The van der Waals surface area contributed by atoms with Gasteiger partial charge in [-0.05, 0) is 25.5 Å². The van der Waals surface area contributed by atoms with Gasteiger partial charge in [-0.3, -0.25) is 4.40 Å². The first-order valence-electron chi connectivity index (χ1n) is 3.55. The molecule has 2 aromatic heterocycles. The molecule has 2 aromatic rings. The minimum atomic E-state index is 0.910. The van der Waals surface area contributed by atoms with Gasteiger partial charge in [0.1, 0.15) is 6.33 Å². The van der Waals surface area contributed by atoms with Crippen molar-refractivity contribution in [1.29, 1.82) is 0 Å². The van der Waals surface area contributed by atoms with Crippen molar-refractivity contribution in [3.05, 3.63) is 29.7 Å². The standard InChI is InChI=1S/C8H9N3/c1-6-3-4-8-10-9-5-11(8)7(6)2/h3-5H,1-2H3. The van der Waals surface area contributed by atoms with Crippen molar-refractivity contribution in [2.75, 3.05) is 0 Å². The average Bonchev–Trinajstić information content (AvgIpc) is 2.45. The summed E-state index contributed by atoms with van der Waals surface area (Å²) in [5, 5.41) is 7.75. The molecule has 0 N–H and O–H groups in total. The Bertz CT molecular complexity index is 389. The van der Waals surface area contributed by atoms with Crippen molar-refractivity contribution in [1.82, 2.24) is 14.6 Å². The van der Waals surface area contributed by atoms with Crippen LogP contribution in [0.3, 0.4) is 0 Å². The van der Waals surface area contributed by atoms with Crippen LogP contribution in [0, 0.1) is 13.8 Å². The highest BCUT2D eigenvalue weighted by Crippen LogP contribution is 2.08. The molecule has 56 valence electrons. The van der Waals surface area contributed by atoms with Crippen LogP contribution < -0.4 is 0 Å². The van der Waals surface area contributed by atoms with E-state index < -0.39 is 0 Å². The van der Waals surface area contributed by atoms with Crippen LogP contribution >= 0.6 is 0 Å². The van der Waals surface area contributed by atoms with Crippen LogP contribution in [-0.4, -0.2) is 14.6 Å². The lowest BCUT2D eigenvalue weighted by Gasteiger charge is -2.00. The SMILES string of the molecule is Cc1ccc2nncn2c1C. The van der Waals surface area contributed by atoms with E-state index in [1.54, 1.807) is 6.33 Å². The van der Waals surface area contributed by atoms with Gasteiger partial charge in [0.15, 0.2) is 5.65 Å². The normalized spacial score (nSPS) is 10.7. The van der Waals surface area contributed by atoms with Gasteiger partial charge in [-0.25, -0.2) is 0 Å². The zero-order valence-corrected chi connectivity index (χ0v) is 6.57. The highest BCUT2D eigenvalue weighted by atomic mass is 15.2. The van der Waals surface area contributed by atoms with E-state index in [-0.39, 0.29) is 0 Å². The van der Waals surface area contributed by atoms with Crippen molar-refractivity contribution in [3.63, 3.8) is 0 Å². The van der Waals surface area contributed by atoms with Gasteiger partial charge >= 0.3 is 0 Å². The predicted octanol–water partition coefficient (Wildman–Crippen LogP) is 1.35. The number of aryl methyl sites for hydroxylation is 2. The van der Waals surface area contributed by atoms with Crippen LogP contribution in [0.1, 0.15) is 11.3 Å². The van der Waals surface area contributed by atoms with Gasteiger partial charge in [-0.1, -0.05) is 6.07 Å². The topological polar surface area (TPSA) is 30.2 Å². The first-order chi connectivity index (χ1) is 5.29. The molecule has 0 unspecified atom stereocenters. The van der Waals surface area contributed by atoms with E-state index in [9.17, 15) is 0 Å². The molecule has 0 saturated carbocycles. The maximum atomic E-state index is 3.93. The second-order valence-corrected chi connectivity index (χ2v) is 2.66. The van der Waals surface area contributed by atoms with E-state index in [1.165, 1.54) is 11.3 Å². The van der Waals surface area contributed by atoms with Crippen LogP contribution in [0.4, 0.5) is 0 Å². The third-order valence-electron chi connectivity index (χ3n) is 1.99. The molecule has 0 spiro atoms. The van der Waals surface area contributed by atoms with Crippen LogP contribution in [0.25, 0.3) is 5.65 Å². The first-order valence-corrected chi connectivity index (χ1v) is 3.55. The lowest BCUT2D eigenvalue weighted by molar-refractivity contribution is 1.05. The summed E-state index contributed by atoms with van der Waals surface area (Å²) in [7, 11) is 0. The molecule has 0 fully saturated rings. The largest absolute Gasteiger partial charge is 0.286 e. The summed E-state index contributed by atoms with van der Waals surface area (Å²) >= 11 is 0. The number of pyridine rings is 1. The highest BCUT2D eigenvalue weighted by molar-refractivity contribution is 5.40. The molecular weight excluding hydrogens is 138 g/mol. The fourth-order valence-corrected chi connectivity index (χ4v) is 1.13. The Morgan fingerprint density at radius 2 is 2.09 bits per heavy atom. The Morgan fingerprint density at radius 1 is 1.27 bits per heavy atom. The molecule has 0 aliphatic heterocycles. The number of nitrogens with zero attached hydrogens (tertiary/aromatic N) is 3. The van der Waals surface area contributed by atoms with Crippen LogP contribution in [-0.2, 0) is 0 Å². The van der Waals surface area contributed by atoms with E-state index in [0.29, 0.717) is 0 Å². The monoisotopic (exact) mass is 147 g/mol. The molecule has 0 bridgehead atoms. The number of hydrogen-bond donors (Lipinski definition) is 0. The van der Waals surface area contributed by atoms with Gasteiger partial charge in [0.25, 0.3) is 0 Å². The minimum absolute atomic E-state index is 0.910. The molecule has 11 heavy (non-hydrogen) atoms. The fraction of sp³-hybridized carbons (Fsp3) is 0.250. The third kappa shape index (κ3) is 0.808. The van der Waals surface area contributed by atoms with E-state index in [4.69, 9.17) is 0 Å². The summed E-state index contributed by atoms with van der Waals surface area (Å²) < 4.78 is 1.98. The molecule has 2 rings (SSSR count). The van der Waals surface area contributed by atoms with E-state index >= 15 is 0 Å². The Balaban J connectivity index is 2.93. The zero-order chi connectivity index (χ0) is 7.84. The molecule has 0 aliphatic carbocycles. The van der Waals surface area contributed by atoms with Crippen LogP contribution in [0.5, 0.6) is 0 Å². The molecular formula is C8H9N3. The lowest BCUT2D eigenvalue weighted by atomic mass is 10.2. The molecule has 0 saturated heterocycles. The van der Waals surface area contributed by atoms with Crippen LogP contribution in [0.15, 0.2) is 18.5 Å². The molecule has 3 heteroatoms. The molecule has 0 amide bonds. The van der Waals surface area contributed by atoms with Crippen molar-refractivity contribution >= 4 is 5.65 Å². The Hall–Kier alpha value is -1.38. The van der Waals surface area contributed by atoms with Crippen molar-refractivity contribution in [2.45, 2.75) is 13.8 Å². The van der Waals surface area contributed by atoms with Gasteiger partial charge in [0, 0.05) is 5.69 Å². The molecule has 0 radical (unpaired) electrons. The Kier molecular flexibility index (Phi) is 1.18. The summed E-state index contributed by atoms with van der Waals surface area (Å²) in [4.78, 5) is 0. The highest BCUT2D eigenvalue weighted by Gasteiger charge is 1.98. The fourth-order valence-electron chi connectivity index (χ4n) is 1.13. The van der Waals surface area contributed by atoms with Crippen molar-refractivity contribution in [2.24, 2.45) is 0 Å². The summed E-state index contributed by atoms with van der Waals surface area (Å²) in [6.07, 6.45) is 1.73. The van der Waals surface area contributed by atoms with Crippen LogP contribution in [0.2, 0.25) is 0 Å². The zero-order valence-electron chi connectivity index (χ0n) is 6.57. The minimum Gasteiger partial charge on any atom is -0.286 e. The van der Waals surface area contributed by atoms with E-state index in [2.05, 4.69) is 30.1 Å². The molecule has 0 aliphatic rings. The summed E-state index contributed by atoms with van der Waals surface area (Å²) in [6, 6.07) is 4.02.